The Kier molecular flexibility index (Phi) is 18.8. The van der Waals surface area contributed by atoms with Crippen LogP contribution in [0.1, 0.15) is 70.9 Å². The van der Waals surface area contributed by atoms with Gasteiger partial charge in [-0.05, 0) is 54.4 Å². The number of aromatic hydroxyl groups is 1. The summed E-state index contributed by atoms with van der Waals surface area (Å²) in [6, 6.07) is 6.11. The van der Waals surface area contributed by atoms with E-state index in [1.54, 1.807) is 58.0 Å². The lowest BCUT2D eigenvalue weighted by Crippen LogP contribution is -2.61. The average molecular weight is 867 g/mol. The van der Waals surface area contributed by atoms with Crippen LogP contribution < -0.4 is 38.1 Å². The van der Waals surface area contributed by atoms with Gasteiger partial charge in [0.2, 0.25) is 41.4 Å². The Hall–Kier alpha value is -6.57. The van der Waals surface area contributed by atoms with Crippen LogP contribution in [-0.4, -0.2) is 116 Å². The minimum atomic E-state index is -1.78. The van der Waals surface area contributed by atoms with E-state index in [0.717, 1.165) is 0 Å². The highest BCUT2D eigenvalue weighted by atomic mass is 16.4. The van der Waals surface area contributed by atoms with E-state index in [4.69, 9.17) is 11.5 Å². The second kappa shape index (κ2) is 23.4. The largest absolute Gasteiger partial charge is 0.508 e. The molecule has 0 radical (unpaired) electrons. The summed E-state index contributed by atoms with van der Waals surface area (Å²) in [5, 5.41) is 42.0. The van der Waals surface area contributed by atoms with Crippen molar-refractivity contribution in [3.63, 3.8) is 0 Å². The molecular formula is C42H58N8O12. The van der Waals surface area contributed by atoms with Gasteiger partial charge >= 0.3 is 12.1 Å². The first-order valence-corrected chi connectivity index (χ1v) is 20.3. The van der Waals surface area contributed by atoms with E-state index >= 15 is 0 Å². The van der Waals surface area contributed by atoms with Gasteiger partial charge in [0.25, 0.3) is 0 Å². The summed E-state index contributed by atoms with van der Waals surface area (Å²) in [5.41, 5.74) is 12.4. The van der Waals surface area contributed by atoms with Gasteiger partial charge in [0.1, 0.15) is 29.9 Å². The number of phenols is 1. The highest BCUT2D eigenvalue weighted by molar-refractivity contribution is 5.98. The average Bonchev–Trinajstić information content (AvgIpc) is 3.21. The molecule has 0 aromatic heterocycles. The number of nitrogens with one attached hydrogen (secondary N) is 5. The molecule has 2 aromatic rings. The first kappa shape index (κ1) is 49.8. The predicted molar refractivity (Wildman–Crippen MR) is 222 cm³/mol. The van der Waals surface area contributed by atoms with Crippen LogP contribution in [0, 0.1) is 17.8 Å². The minimum Gasteiger partial charge on any atom is -0.508 e. The standard InChI is InChI=1S/C42H58N8O12/c1-22(2)34(39(58)45-21-32(44)52)49-40(59)35(23(3)4)48-38(57)30(20-33(53)54)47-37(56)29(19-24-10-6-5-7-11-24)46-36(55)27-12-8-9-13-31(27)50(42(61)62)41(60)28(43)18-25-14-16-26(51)17-15-25/h5-7,10-11,14-17,22-23,27-31,34-35,51H,8-9,12-13,18-21,43H2,1-4H3,(H2,44,52)(H,45,58)(H,46,55)(H,47,56)(H,48,57)(H,49,59)(H,53,54)(H,61,62)/t27-,28-,29-,30-,31-,34-,35-/m0/s1. The zero-order chi connectivity index (χ0) is 46.3. The second-order valence-electron chi connectivity index (χ2n) is 16.0. The van der Waals surface area contributed by atoms with Gasteiger partial charge in [-0.2, -0.15) is 0 Å². The van der Waals surface area contributed by atoms with E-state index in [1.165, 1.54) is 24.3 Å². The number of imide groups is 1. The summed E-state index contributed by atoms with van der Waals surface area (Å²) in [5.74, 6) is -9.80. The quantitative estimate of drug-likeness (QED) is 0.0785. The predicted octanol–water partition coefficient (Wildman–Crippen LogP) is -0.102. The van der Waals surface area contributed by atoms with Gasteiger partial charge in [-0.1, -0.05) is 83.0 Å². The van der Waals surface area contributed by atoms with Crippen molar-refractivity contribution in [2.75, 3.05) is 6.54 Å². The molecule has 0 aliphatic heterocycles. The number of phenolic OH excluding ortho intramolecular Hbond substituents is 1. The number of hydrogen-bond donors (Lipinski definition) is 10. The molecule has 338 valence electrons. The highest BCUT2D eigenvalue weighted by Crippen LogP contribution is 2.30. The number of primary amides is 1. The van der Waals surface area contributed by atoms with Crippen molar-refractivity contribution in [2.24, 2.45) is 29.2 Å². The summed E-state index contributed by atoms with van der Waals surface area (Å²) in [6.07, 6.45) is -1.53. The normalized spacial score (nSPS) is 17.3. The first-order chi connectivity index (χ1) is 29.2. The minimum absolute atomic E-state index is 0.0131. The van der Waals surface area contributed by atoms with Crippen molar-refractivity contribution < 1.29 is 58.5 Å². The fourth-order valence-corrected chi connectivity index (χ4v) is 7.12. The molecule has 20 nitrogen and oxygen atoms in total. The molecule has 1 fully saturated rings. The maximum Gasteiger partial charge on any atom is 0.414 e. The molecule has 1 saturated carbocycles. The number of rotatable bonds is 21. The number of nitrogens with zero attached hydrogens (tertiary/aromatic N) is 1. The molecule has 62 heavy (non-hydrogen) atoms. The van der Waals surface area contributed by atoms with Crippen LogP contribution >= 0.6 is 0 Å². The van der Waals surface area contributed by atoms with Crippen molar-refractivity contribution in [2.45, 2.75) is 109 Å². The Morgan fingerprint density at radius 3 is 1.81 bits per heavy atom. The second-order valence-corrected chi connectivity index (χ2v) is 16.0. The third-order valence-electron chi connectivity index (χ3n) is 10.4. The van der Waals surface area contributed by atoms with Crippen molar-refractivity contribution in [1.29, 1.82) is 0 Å². The smallest absolute Gasteiger partial charge is 0.414 e. The molecule has 0 unspecified atom stereocenters. The zero-order valence-corrected chi connectivity index (χ0v) is 35.2. The number of benzene rings is 2. The van der Waals surface area contributed by atoms with Gasteiger partial charge in [-0.25, -0.2) is 9.69 Å². The lowest BCUT2D eigenvalue weighted by Gasteiger charge is -2.38. The monoisotopic (exact) mass is 866 g/mol. The SMILES string of the molecule is CC(C)[C@H](NC(=O)[C@H](CC(=O)O)NC(=O)[C@H](Cc1ccccc1)NC(=O)[C@H]1CCCC[C@@H]1N(C(=O)O)C(=O)[C@@H](N)Cc1ccc(O)cc1)C(=O)N[C@H](C(=O)NCC(N)=O)C(C)C. The maximum atomic E-state index is 14.2. The molecule has 0 bridgehead atoms. The van der Waals surface area contributed by atoms with E-state index in [1.807, 2.05) is 0 Å². The van der Waals surface area contributed by atoms with Crippen LogP contribution in [0.2, 0.25) is 0 Å². The molecule has 3 rings (SSSR count). The van der Waals surface area contributed by atoms with Gasteiger partial charge in [0.15, 0.2) is 0 Å². The maximum absolute atomic E-state index is 14.2. The third-order valence-corrected chi connectivity index (χ3v) is 10.4. The van der Waals surface area contributed by atoms with Gasteiger partial charge in [-0.15, -0.1) is 0 Å². The Morgan fingerprint density at radius 1 is 0.694 bits per heavy atom. The Labute approximate surface area is 358 Å². The first-order valence-electron chi connectivity index (χ1n) is 20.3. The van der Waals surface area contributed by atoms with Crippen LogP contribution in [0.15, 0.2) is 54.6 Å². The number of hydrogen-bond acceptors (Lipinski definition) is 11. The molecule has 12 N–H and O–H groups in total. The van der Waals surface area contributed by atoms with Crippen molar-refractivity contribution in [3.05, 3.63) is 65.7 Å². The van der Waals surface area contributed by atoms with E-state index in [2.05, 4.69) is 26.6 Å². The number of amides is 8. The molecule has 1 aliphatic rings. The number of aliphatic carboxylic acids is 1. The Balaban J connectivity index is 1.87. The van der Waals surface area contributed by atoms with Gasteiger partial charge in [-0.3, -0.25) is 38.4 Å². The molecule has 7 atom stereocenters. The van der Waals surface area contributed by atoms with Crippen molar-refractivity contribution in [3.8, 4) is 5.75 Å². The lowest BCUT2D eigenvalue weighted by molar-refractivity contribution is -0.142. The molecule has 2 aromatic carbocycles. The summed E-state index contributed by atoms with van der Waals surface area (Å²) in [7, 11) is 0. The van der Waals surface area contributed by atoms with Crippen molar-refractivity contribution in [1.82, 2.24) is 31.5 Å². The number of carbonyl (C=O) groups excluding carboxylic acids is 7. The fraction of sp³-hybridized carbons (Fsp3) is 0.500. The number of carbonyl (C=O) groups is 9. The van der Waals surface area contributed by atoms with Crippen LogP contribution in [-0.2, 0) is 51.2 Å². The molecule has 0 spiro atoms. The Bertz CT molecular complexity index is 1930. The van der Waals surface area contributed by atoms with E-state index in [-0.39, 0.29) is 31.4 Å². The molecule has 20 heteroatoms. The van der Waals surface area contributed by atoms with E-state index in [0.29, 0.717) is 28.9 Å². The fourth-order valence-electron chi connectivity index (χ4n) is 7.12. The van der Waals surface area contributed by atoms with E-state index in [9.17, 15) is 58.5 Å². The highest BCUT2D eigenvalue weighted by Gasteiger charge is 2.43. The summed E-state index contributed by atoms with van der Waals surface area (Å²) < 4.78 is 0. The number of carboxylic acid groups (broad SMARTS) is 2. The summed E-state index contributed by atoms with van der Waals surface area (Å²) in [6.45, 7) is 5.95. The molecule has 8 amide bonds. The van der Waals surface area contributed by atoms with Crippen LogP contribution in [0.4, 0.5) is 4.79 Å². The van der Waals surface area contributed by atoms with E-state index < -0.39 is 120 Å². The van der Waals surface area contributed by atoms with Crippen LogP contribution in [0.5, 0.6) is 5.75 Å². The van der Waals surface area contributed by atoms with Crippen molar-refractivity contribution >= 4 is 53.4 Å². The molecular weight excluding hydrogens is 809 g/mol. The van der Waals surface area contributed by atoms with Gasteiger partial charge < -0.3 is 53.4 Å². The van der Waals surface area contributed by atoms with Crippen LogP contribution in [0.25, 0.3) is 0 Å². The molecule has 0 heterocycles. The topological polar surface area (TPSA) is 330 Å². The van der Waals surface area contributed by atoms with Gasteiger partial charge in [0.05, 0.1) is 31.0 Å². The molecule has 0 saturated heterocycles. The Morgan fingerprint density at radius 2 is 1.24 bits per heavy atom. The lowest BCUT2D eigenvalue weighted by atomic mass is 9.82. The zero-order valence-electron chi connectivity index (χ0n) is 35.2. The van der Waals surface area contributed by atoms with Crippen LogP contribution in [0.3, 0.4) is 0 Å². The number of nitrogens with two attached hydrogens (primary N) is 2. The number of carboxylic acids is 1. The van der Waals surface area contributed by atoms with Gasteiger partial charge in [0, 0.05) is 6.42 Å². The molecule has 1 aliphatic carbocycles. The summed E-state index contributed by atoms with van der Waals surface area (Å²) >= 11 is 0. The third kappa shape index (κ3) is 14.9. The summed E-state index contributed by atoms with van der Waals surface area (Å²) in [4.78, 5) is 118.